The predicted octanol–water partition coefficient (Wildman–Crippen LogP) is 4.24. The molecule has 0 saturated carbocycles. The minimum Gasteiger partial charge on any atom is -0.462 e. The Hall–Kier alpha value is -1.54. The number of carbonyl (C=O) groups excluding carboxylic acids is 1. The lowest BCUT2D eigenvalue weighted by Gasteiger charge is -2.09. The van der Waals surface area contributed by atoms with Crippen molar-refractivity contribution in [1.82, 2.24) is 0 Å². The standard InChI is InChI=1S/C15H17ClO2/c1-3-4-5-8-12(2)18-14-10-7-6-9-13(14)11-15(16)17/h3-4,6-10H,5,11H2,1-2H3/b4-3-,12-8+. The van der Waals surface area contributed by atoms with Crippen LogP contribution < -0.4 is 4.74 Å². The van der Waals surface area contributed by atoms with Crippen LogP contribution in [0.3, 0.4) is 0 Å². The summed E-state index contributed by atoms with van der Waals surface area (Å²) in [6.45, 7) is 3.87. The molecule has 0 radical (unpaired) electrons. The van der Waals surface area contributed by atoms with Gasteiger partial charge in [-0.3, -0.25) is 4.79 Å². The maximum absolute atomic E-state index is 10.9. The molecule has 96 valence electrons. The Kier molecular flexibility index (Phi) is 6.23. The maximum Gasteiger partial charge on any atom is 0.226 e. The number of rotatable bonds is 6. The first-order valence-corrected chi connectivity index (χ1v) is 6.23. The lowest BCUT2D eigenvalue weighted by Crippen LogP contribution is -1.99. The quantitative estimate of drug-likeness (QED) is 0.436. The Morgan fingerprint density at radius 3 is 2.78 bits per heavy atom. The van der Waals surface area contributed by atoms with E-state index in [-0.39, 0.29) is 11.7 Å². The lowest BCUT2D eigenvalue weighted by atomic mass is 10.1. The molecule has 0 aromatic heterocycles. The summed E-state index contributed by atoms with van der Waals surface area (Å²) in [6, 6.07) is 7.41. The molecule has 0 N–H and O–H groups in total. The van der Waals surface area contributed by atoms with E-state index in [0.29, 0.717) is 5.75 Å². The van der Waals surface area contributed by atoms with E-state index in [0.717, 1.165) is 17.7 Å². The van der Waals surface area contributed by atoms with Crippen LogP contribution in [-0.2, 0) is 11.2 Å². The van der Waals surface area contributed by atoms with E-state index in [1.807, 2.05) is 56.3 Å². The normalized spacial score (nSPS) is 11.8. The van der Waals surface area contributed by atoms with E-state index >= 15 is 0 Å². The molecule has 0 aliphatic carbocycles. The van der Waals surface area contributed by atoms with Crippen molar-refractivity contribution in [3.63, 3.8) is 0 Å². The van der Waals surface area contributed by atoms with Gasteiger partial charge in [0.25, 0.3) is 0 Å². The number of benzene rings is 1. The van der Waals surface area contributed by atoms with Crippen LogP contribution in [0.4, 0.5) is 0 Å². The van der Waals surface area contributed by atoms with E-state index in [2.05, 4.69) is 0 Å². The zero-order valence-electron chi connectivity index (χ0n) is 10.7. The van der Waals surface area contributed by atoms with Gasteiger partial charge in [-0.05, 0) is 44.0 Å². The molecular weight excluding hydrogens is 248 g/mol. The first-order chi connectivity index (χ1) is 8.63. The fourth-order valence-electron chi connectivity index (χ4n) is 1.48. The second-order valence-electron chi connectivity index (χ2n) is 3.86. The number of para-hydroxylation sites is 1. The van der Waals surface area contributed by atoms with Crippen molar-refractivity contribution in [3.8, 4) is 5.75 Å². The molecule has 0 aliphatic heterocycles. The molecule has 1 aromatic rings. The molecule has 2 nitrogen and oxygen atoms in total. The first kappa shape index (κ1) is 14.5. The first-order valence-electron chi connectivity index (χ1n) is 5.85. The van der Waals surface area contributed by atoms with Gasteiger partial charge in [-0.15, -0.1) is 0 Å². The molecule has 3 heteroatoms. The maximum atomic E-state index is 10.9. The van der Waals surface area contributed by atoms with Gasteiger partial charge in [0, 0.05) is 5.56 Å². The second-order valence-corrected chi connectivity index (χ2v) is 4.28. The van der Waals surface area contributed by atoms with Crippen molar-refractivity contribution in [2.24, 2.45) is 0 Å². The topological polar surface area (TPSA) is 26.3 Å². The molecule has 0 unspecified atom stereocenters. The molecule has 0 aliphatic rings. The highest BCUT2D eigenvalue weighted by molar-refractivity contribution is 6.63. The fourth-order valence-corrected chi connectivity index (χ4v) is 1.63. The molecule has 0 atom stereocenters. The van der Waals surface area contributed by atoms with Crippen LogP contribution in [0.1, 0.15) is 25.8 Å². The number of carbonyl (C=O) groups is 1. The van der Waals surface area contributed by atoms with Gasteiger partial charge in [0.2, 0.25) is 5.24 Å². The minimum atomic E-state index is -0.387. The zero-order chi connectivity index (χ0) is 13.4. The Bertz CT molecular complexity index is 461. The monoisotopic (exact) mass is 264 g/mol. The van der Waals surface area contributed by atoms with Crippen LogP contribution in [0.15, 0.2) is 48.3 Å². The molecule has 0 bridgehead atoms. The average molecular weight is 265 g/mol. The Labute approximate surface area is 113 Å². The number of ether oxygens (including phenoxy) is 1. The summed E-state index contributed by atoms with van der Waals surface area (Å²) in [4.78, 5) is 10.9. The summed E-state index contributed by atoms with van der Waals surface area (Å²) < 4.78 is 5.71. The summed E-state index contributed by atoms with van der Waals surface area (Å²) in [6.07, 6.45) is 7.03. The van der Waals surface area contributed by atoms with Gasteiger partial charge < -0.3 is 4.74 Å². The highest BCUT2D eigenvalue weighted by atomic mass is 35.5. The van der Waals surface area contributed by atoms with Gasteiger partial charge in [-0.25, -0.2) is 0 Å². The molecule has 18 heavy (non-hydrogen) atoms. The van der Waals surface area contributed by atoms with Gasteiger partial charge in [-0.2, -0.15) is 0 Å². The van der Waals surface area contributed by atoms with Crippen LogP contribution in [-0.4, -0.2) is 5.24 Å². The van der Waals surface area contributed by atoms with Gasteiger partial charge in [0.15, 0.2) is 0 Å². The summed E-state index contributed by atoms with van der Waals surface area (Å²) in [5.41, 5.74) is 0.802. The van der Waals surface area contributed by atoms with Gasteiger partial charge in [0.1, 0.15) is 5.75 Å². The van der Waals surface area contributed by atoms with Crippen LogP contribution in [0, 0.1) is 0 Å². The Morgan fingerprint density at radius 2 is 2.11 bits per heavy atom. The highest BCUT2D eigenvalue weighted by Gasteiger charge is 2.07. The summed E-state index contributed by atoms with van der Waals surface area (Å²) in [5.74, 6) is 1.49. The number of halogens is 1. The van der Waals surface area contributed by atoms with Crippen LogP contribution in [0.5, 0.6) is 5.75 Å². The van der Waals surface area contributed by atoms with E-state index in [4.69, 9.17) is 16.3 Å². The molecule has 1 rings (SSSR count). The predicted molar refractivity (Wildman–Crippen MR) is 74.8 cm³/mol. The van der Waals surface area contributed by atoms with E-state index < -0.39 is 0 Å². The van der Waals surface area contributed by atoms with E-state index in [9.17, 15) is 4.79 Å². The highest BCUT2D eigenvalue weighted by Crippen LogP contribution is 2.21. The van der Waals surface area contributed by atoms with Crippen molar-refractivity contribution >= 4 is 16.8 Å². The van der Waals surface area contributed by atoms with Crippen molar-refractivity contribution in [3.05, 3.63) is 53.8 Å². The number of hydrogen-bond acceptors (Lipinski definition) is 2. The Morgan fingerprint density at radius 1 is 1.39 bits per heavy atom. The molecule has 1 aromatic carbocycles. The summed E-state index contributed by atoms with van der Waals surface area (Å²) >= 11 is 5.41. The minimum absolute atomic E-state index is 0.180. The number of allylic oxidation sites excluding steroid dienone is 4. The molecule has 0 saturated heterocycles. The molecule has 0 spiro atoms. The molecule has 0 amide bonds. The fraction of sp³-hybridized carbons (Fsp3) is 0.267. The van der Waals surface area contributed by atoms with Crippen LogP contribution in [0.2, 0.25) is 0 Å². The third-order valence-electron chi connectivity index (χ3n) is 2.35. The molecular formula is C15H17ClO2. The third kappa shape index (κ3) is 5.19. The zero-order valence-corrected chi connectivity index (χ0v) is 11.4. The summed E-state index contributed by atoms with van der Waals surface area (Å²) in [5, 5.41) is -0.387. The lowest BCUT2D eigenvalue weighted by molar-refractivity contribution is -0.111. The van der Waals surface area contributed by atoms with Crippen molar-refractivity contribution < 1.29 is 9.53 Å². The third-order valence-corrected chi connectivity index (χ3v) is 2.48. The smallest absolute Gasteiger partial charge is 0.226 e. The molecule has 0 fully saturated rings. The largest absolute Gasteiger partial charge is 0.462 e. The van der Waals surface area contributed by atoms with Crippen molar-refractivity contribution in [2.45, 2.75) is 26.7 Å². The van der Waals surface area contributed by atoms with Crippen molar-refractivity contribution in [1.29, 1.82) is 0 Å². The molecule has 0 heterocycles. The summed E-state index contributed by atoms with van der Waals surface area (Å²) in [7, 11) is 0. The van der Waals surface area contributed by atoms with Gasteiger partial charge in [-0.1, -0.05) is 30.4 Å². The van der Waals surface area contributed by atoms with E-state index in [1.54, 1.807) is 0 Å². The average Bonchev–Trinajstić information content (AvgIpc) is 2.31. The Balaban J connectivity index is 2.77. The van der Waals surface area contributed by atoms with E-state index in [1.165, 1.54) is 0 Å². The number of hydrogen-bond donors (Lipinski definition) is 0. The van der Waals surface area contributed by atoms with Gasteiger partial charge in [0.05, 0.1) is 12.2 Å². The van der Waals surface area contributed by atoms with Gasteiger partial charge >= 0.3 is 0 Å². The van der Waals surface area contributed by atoms with Crippen LogP contribution in [0.25, 0.3) is 0 Å². The SMILES string of the molecule is C/C=C\C/C=C(\C)Oc1ccccc1CC(=O)Cl. The van der Waals surface area contributed by atoms with Crippen LogP contribution >= 0.6 is 11.6 Å². The second kappa shape index (κ2) is 7.72. The van der Waals surface area contributed by atoms with Crippen molar-refractivity contribution in [2.75, 3.05) is 0 Å².